The van der Waals surface area contributed by atoms with E-state index in [1.165, 1.54) is 32.6 Å². The highest BCUT2D eigenvalue weighted by Crippen LogP contribution is 2.39. The Morgan fingerprint density at radius 3 is 1.16 bits per heavy atom. The summed E-state index contributed by atoms with van der Waals surface area (Å²) in [4.78, 5) is 14.8. The molecule has 7 aromatic carbocycles. The van der Waals surface area contributed by atoms with Crippen molar-refractivity contribution in [2.24, 2.45) is 0 Å². The predicted octanol–water partition coefficient (Wildman–Crippen LogP) is 11.6. The van der Waals surface area contributed by atoms with Crippen LogP contribution in [0, 0.1) is 0 Å². The van der Waals surface area contributed by atoms with Crippen LogP contribution in [-0.2, 0) is 0 Å². The summed E-state index contributed by atoms with van der Waals surface area (Å²) in [5.74, 6) is 1.94. The summed E-state index contributed by atoms with van der Waals surface area (Å²) in [5.41, 5.74) is 9.75. The quantitative estimate of drug-likeness (QED) is 0.187. The highest BCUT2D eigenvalue weighted by Gasteiger charge is 2.19. The molecule has 50 heavy (non-hydrogen) atoms. The Morgan fingerprint density at radius 2 is 0.680 bits per heavy atom. The predicted molar refractivity (Wildman–Crippen MR) is 209 cm³/mol. The molecule has 0 amide bonds. The molecule has 0 spiro atoms. The molecule has 0 saturated heterocycles. The summed E-state index contributed by atoms with van der Waals surface area (Å²) in [6.45, 7) is 0. The van der Waals surface area contributed by atoms with Gasteiger partial charge < -0.3 is 9.13 Å². The first-order chi connectivity index (χ1) is 24.8. The average molecular weight is 644 g/mol. The lowest BCUT2D eigenvalue weighted by atomic mass is 10.1. The number of nitrogens with zero attached hydrogens (tertiary/aromatic N) is 5. The van der Waals surface area contributed by atoms with E-state index < -0.39 is 0 Å². The van der Waals surface area contributed by atoms with Gasteiger partial charge in [-0.25, -0.2) is 15.0 Å². The zero-order chi connectivity index (χ0) is 33.0. The SMILES string of the molecule is [HH].[HH].c1ccc(-c2nc(-c3ccccc3)nc(-c3ccc(-n4c5ccccc5c5cc6c7ccccc7n(-c7ccccc7)c6cc54)cc3)n2)cc1. The van der Waals surface area contributed by atoms with Gasteiger partial charge in [0, 0.05) is 52.5 Å². The summed E-state index contributed by atoms with van der Waals surface area (Å²) < 4.78 is 4.75. The second-order valence-electron chi connectivity index (χ2n) is 12.5. The van der Waals surface area contributed by atoms with Crippen LogP contribution in [0.3, 0.4) is 0 Å². The lowest BCUT2D eigenvalue weighted by Crippen LogP contribution is -2.00. The van der Waals surface area contributed by atoms with Gasteiger partial charge in [-0.1, -0.05) is 115 Å². The largest absolute Gasteiger partial charge is 0.309 e. The van der Waals surface area contributed by atoms with Gasteiger partial charge in [-0.2, -0.15) is 0 Å². The average Bonchev–Trinajstić information content (AvgIpc) is 3.70. The van der Waals surface area contributed by atoms with Gasteiger partial charge in [-0.05, 0) is 60.7 Å². The molecule has 0 aliphatic heterocycles. The number of fused-ring (bicyclic) bond motifs is 6. The van der Waals surface area contributed by atoms with Crippen molar-refractivity contribution in [1.82, 2.24) is 24.1 Å². The molecule has 0 unspecified atom stereocenters. The van der Waals surface area contributed by atoms with E-state index in [2.05, 4.69) is 124 Å². The molecule has 5 heteroatoms. The highest BCUT2D eigenvalue weighted by molar-refractivity contribution is 6.19. The monoisotopic (exact) mass is 643 g/mol. The van der Waals surface area contributed by atoms with E-state index in [4.69, 9.17) is 15.0 Å². The Kier molecular flexibility index (Phi) is 6.42. The van der Waals surface area contributed by atoms with Crippen molar-refractivity contribution in [3.63, 3.8) is 0 Å². The van der Waals surface area contributed by atoms with Gasteiger partial charge in [0.05, 0.1) is 22.1 Å². The van der Waals surface area contributed by atoms with Crippen molar-refractivity contribution in [3.05, 3.63) is 176 Å². The van der Waals surface area contributed by atoms with E-state index in [0.717, 1.165) is 39.1 Å². The van der Waals surface area contributed by atoms with Crippen molar-refractivity contribution in [1.29, 1.82) is 0 Å². The van der Waals surface area contributed by atoms with Gasteiger partial charge in [-0.3, -0.25) is 0 Å². The molecule has 3 heterocycles. The minimum atomic E-state index is 0. The van der Waals surface area contributed by atoms with Crippen molar-refractivity contribution in [2.75, 3.05) is 0 Å². The number of hydrogen-bond acceptors (Lipinski definition) is 3. The van der Waals surface area contributed by atoms with Crippen LogP contribution < -0.4 is 0 Å². The van der Waals surface area contributed by atoms with Crippen LogP contribution in [0.25, 0.3) is 89.2 Å². The van der Waals surface area contributed by atoms with Crippen LogP contribution in [0.2, 0.25) is 0 Å². The van der Waals surface area contributed by atoms with Crippen molar-refractivity contribution >= 4 is 43.6 Å². The van der Waals surface area contributed by atoms with Gasteiger partial charge in [0.2, 0.25) is 0 Å². The molecule has 5 nitrogen and oxygen atoms in total. The zero-order valence-corrected chi connectivity index (χ0v) is 27.0. The van der Waals surface area contributed by atoms with Gasteiger partial charge >= 0.3 is 0 Å². The van der Waals surface area contributed by atoms with E-state index in [0.29, 0.717) is 17.5 Å². The van der Waals surface area contributed by atoms with Gasteiger partial charge in [0.1, 0.15) is 0 Å². The zero-order valence-electron chi connectivity index (χ0n) is 27.0. The Morgan fingerprint density at radius 1 is 0.300 bits per heavy atom. The van der Waals surface area contributed by atoms with Gasteiger partial charge in [0.15, 0.2) is 17.5 Å². The maximum absolute atomic E-state index is 4.95. The van der Waals surface area contributed by atoms with Gasteiger partial charge in [0.25, 0.3) is 0 Å². The van der Waals surface area contributed by atoms with E-state index >= 15 is 0 Å². The second kappa shape index (κ2) is 11.4. The lowest BCUT2D eigenvalue weighted by molar-refractivity contribution is 1.07. The number of aromatic nitrogens is 5. The topological polar surface area (TPSA) is 48.5 Å². The molecule has 0 N–H and O–H groups in total. The molecule has 3 aromatic heterocycles. The smallest absolute Gasteiger partial charge is 0.164 e. The van der Waals surface area contributed by atoms with E-state index in [9.17, 15) is 0 Å². The number of para-hydroxylation sites is 3. The van der Waals surface area contributed by atoms with Crippen LogP contribution in [0.4, 0.5) is 0 Å². The third-order valence-electron chi connectivity index (χ3n) is 9.56. The fourth-order valence-corrected chi connectivity index (χ4v) is 7.26. The molecule has 0 aliphatic rings. The van der Waals surface area contributed by atoms with E-state index in [-0.39, 0.29) is 2.85 Å². The first kappa shape index (κ1) is 28.2. The Labute approximate surface area is 291 Å². The Balaban J connectivity index is 0.00000193. The molecule has 0 aliphatic carbocycles. The fourth-order valence-electron chi connectivity index (χ4n) is 7.26. The van der Waals surface area contributed by atoms with Crippen molar-refractivity contribution in [3.8, 4) is 45.5 Å². The van der Waals surface area contributed by atoms with Crippen LogP contribution in [0.5, 0.6) is 0 Å². The molecule has 0 radical (unpaired) electrons. The number of benzene rings is 7. The Hall–Kier alpha value is -6.85. The maximum atomic E-state index is 4.95. The molecular weight excluding hydrogens is 611 g/mol. The Bertz CT molecular complexity index is 2790. The number of hydrogen-bond donors (Lipinski definition) is 0. The van der Waals surface area contributed by atoms with Gasteiger partial charge in [-0.15, -0.1) is 0 Å². The summed E-state index contributed by atoms with van der Waals surface area (Å²) >= 11 is 0. The minimum absolute atomic E-state index is 0. The molecule has 238 valence electrons. The van der Waals surface area contributed by atoms with E-state index in [1.807, 2.05) is 60.7 Å². The second-order valence-corrected chi connectivity index (χ2v) is 12.5. The van der Waals surface area contributed by atoms with Crippen LogP contribution in [-0.4, -0.2) is 24.1 Å². The van der Waals surface area contributed by atoms with Crippen molar-refractivity contribution < 1.29 is 2.85 Å². The third-order valence-corrected chi connectivity index (χ3v) is 9.56. The summed E-state index contributed by atoms with van der Waals surface area (Å²) in [5, 5.41) is 4.94. The first-order valence-corrected chi connectivity index (χ1v) is 16.8. The molecule has 0 bridgehead atoms. The van der Waals surface area contributed by atoms with Crippen LogP contribution in [0.1, 0.15) is 2.85 Å². The highest BCUT2D eigenvalue weighted by atomic mass is 15.0. The summed E-state index contributed by atoms with van der Waals surface area (Å²) in [6, 6.07) is 61.5. The maximum Gasteiger partial charge on any atom is 0.164 e. The summed E-state index contributed by atoms with van der Waals surface area (Å²) in [6.07, 6.45) is 0. The molecule has 10 aromatic rings. The van der Waals surface area contributed by atoms with E-state index in [1.54, 1.807) is 0 Å². The number of rotatable bonds is 5. The van der Waals surface area contributed by atoms with Crippen molar-refractivity contribution in [2.45, 2.75) is 0 Å². The van der Waals surface area contributed by atoms with Crippen LogP contribution in [0.15, 0.2) is 176 Å². The molecule has 10 rings (SSSR count). The first-order valence-electron chi connectivity index (χ1n) is 16.8. The molecular formula is C45H33N5. The summed E-state index contributed by atoms with van der Waals surface area (Å²) in [7, 11) is 0. The fraction of sp³-hybridized carbons (Fsp3) is 0. The molecule has 0 fully saturated rings. The standard InChI is InChI=1S/C45H29N5.2H2/c1-4-14-30(15-5-1)43-46-44(31-16-6-2-7-17-31)48-45(47-43)32-24-26-34(27-25-32)50-40-23-13-11-21-36(40)38-28-37-35-20-10-12-22-39(35)49(41(37)29-42(38)50)33-18-8-3-9-19-33;;/h1-29H;2*1H. The van der Waals surface area contributed by atoms with Crippen LogP contribution >= 0.6 is 0 Å². The minimum Gasteiger partial charge on any atom is -0.309 e. The normalized spacial score (nSPS) is 11.6. The molecule has 0 saturated carbocycles. The third kappa shape index (κ3) is 4.52. The lowest BCUT2D eigenvalue weighted by Gasteiger charge is -2.11. The molecule has 0 atom stereocenters.